The molecule has 4 aliphatic rings. The predicted molar refractivity (Wildman–Crippen MR) is 127 cm³/mol. The summed E-state index contributed by atoms with van der Waals surface area (Å²) in [6, 6.07) is 0.400. The Morgan fingerprint density at radius 1 is 0.700 bits per heavy atom. The molecule has 0 aromatic rings. The standard InChI is InChI=1S/C24H44N6/c1-2-6-15-28(14-5-1)20-24(23-8-3-4-10-27-23,22-30-18-12-26-13-19-30)21-29-16-7-9-25-11-17-29/h3-4,10,23,25-26H,1-2,5-9,11-22H2. The average Bonchev–Trinajstić information content (AvgIpc) is 3.20. The van der Waals surface area contributed by atoms with E-state index in [4.69, 9.17) is 4.99 Å². The predicted octanol–water partition coefficient (Wildman–Crippen LogP) is 1.45. The van der Waals surface area contributed by atoms with Crippen molar-refractivity contribution in [2.24, 2.45) is 10.4 Å². The minimum absolute atomic E-state index is 0.202. The van der Waals surface area contributed by atoms with Gasteiger partial charge in [-0.3, -0.25) is 4.99 Å². The third-order valence-electron chi connectivity index (χ3n) is 7.51. The Morgan fingerprint density at radius 3 is 1.90 bits per heavy atom. The van der Waals surface area contributed by atoms with E-state index in [1.807, 2.05) is 0 Å². The van der Waals surface area contributed by atoms with Gasteiger partial charge in [-0.25, -0.2) is 0 Å². The molecule has 0 spiro atoms. The highest BCUT2D eigenvalue weighted by atomic mass is 15.2. The minimum Gasteiger partial charge on any atom is -0.315 e. The lowest BCUT2D eigenvalue weighted by Crippen LogP contribution is -2.59. The van der Waals surface area contributed by atoms with Crippen molar-refractivity contribution in [3.8, 4) is 0 Å². The van der Waals surface area contributed by atoms with Crippen LogP contribution in [0.15, 0.2) is 17.1 Å². The van der Waals surface area contributed by atoms with Crippen LogP contribution in [0.1, 0.15) is 38.5 Å². The summed E-state index contributed by atoms with van der Waals surface area (Å²) in [5, 5.41) is 7.15. The van der Waals surface area contributed by atoms with E-state index in [2.05, 4.69) is 43.7 Å². The third-order valence-corrected chi connectivity index (χ3v) is 7.51. The molecular weight excluding hydrogens is 372 g/mol. The lowest BCUT2D eigenvalue weighted by atomic mass is 9.76. The summed E-state index contributed by atoms with van der Waals surface area (Å²) in [5.41, 5.74) is 0.202. The molecule has 0 radical (unpaired) electrons. The maximum atomic E-state index is 5.12. The number of rotatable bonds is 7. The van der Waals surface area contributed by atoms with Crippen molar-refractivity contribution in [2.75, 3.05) is 85.1 Å². The molecule has 0 aromatic heterocycles. The number of dihydropyridines is 1. The molecule has 0 amide bonds. The Bertz CT molecular complexity index is 518. The van der Waals surface area contributed by atoms with Crippen LogP contribution < -0.4 is 10.6 Å². The Hall–Kier alpha value is -0.790. The topological polar surface area (TPSA) is 46.1 Å². The number of likely N-dealkylation sites (tertiary alicyclic amines) is 1. The molecule has 4 aliphatic heterocycles. The normalized spacial score (nSPS) is 29.9. The van der Waals surface area contributed by atoms with E-state index in [1.54, 1.807) is 0 Å². The van der Waals surface area contributed by atoms with Crippen molar-refractivity contribution in [1.82, 2.24) is 25.3 Å². The van der Waals surface area contributed by atoms with Gasteiger partial charge < -0.3 is 25.3 Å². The smallest absolute Gasteiger partial charge is 0.0627 e. The molecule has 0 aromatic carbocycles. The zero-order valence-corrected chi connectivity index (χ0v) is 19.0. The van der Waals surface area contributed by atoms with Gasteiger partial charge in [0.15, 0.2) is 0 Å². The van der Waals surface area contributed by atoms with Crippen molar-refractivity contribution in [3.05, 3.63) is 12.2 Å². The monoisotopic (exact) mass is 416 g/mol. The lowest BCUT2D eigenvalue weighted by molar-refractivity contribution is 0.0328. The van der Waals surface area contributed by atoms with E-state index in [-0.39, 0.29) is 5.41 Å². The average molecular weight is 417 g/mol. The molecule has 6 nitrogen and oxygen atoms in total. The number of nitrogens with zero attached hydrogens (tertiary/aromatic N) is 4. The number of nitrogens with one attached hydrogen (secondary N) is 2. The largest absolute Gasteiger partial charge is 0.315 e. The maximum Gasteiger partial charge on any atom is 0.0627 e. The van der Waals surface area contributed by atoms with Crippen LogP contribution in [0.25, 0.3) is 0 Å². The van der Waals surface area contributed by atoms with Crippen molar-refractivity contribution < 1.29 is 0 Å². The van der Waals surface area contributed by atoms with E-state index < -0.39 is 0 Å². The minimum atomic E-state index is 0.202. The van der Waals surface area contributed by atoms with Gasteiger partial charge in [0.1, 0.15) is 0 Å². The van der Waals surface area contributed by atoms with Crippen LogP contribution in [0.3, 0.4) is 0 Å². The van der Waals surface area contributed by atoms with Gasteiger partial charge in [0.05, 0.1) is 6.04 Å². The van der Waals surface area contributed by atoms with Crippen LogP contribution in [-0.2, 0) is 0 Å². The summed E-state index contributed by atoms with van der Waals surface area (Å²) in [5.74, 6) is 0. The Balaban J connectivity index is 1.58. The SMILES string of the molecule is C1=CCC(C(CN2CCCCCC2)(CN2CCCNCC2)CN2CCNCC2)N=C1. The van der Waals surface area contributed by atoms with Gasteiger partial charge in [-0.15, -0.1) is 0 Å². The first-order valence-electron chi connectivity index (χ1n) is 12.6. The number of hydrogen-bond acceptors (Lipinski definition) is 6. The second-order valence-electron chi connectivity index (χ2n) is 9.94. The highest BCUT2D eigenvalue weighted by molar-refractivity contribution is 5.72. The molecule has 2 atom stereocenters. The van der Waals surface area contributed by atoms with Crippen LogP contribution in [-0.4, -0.2) is 112 Å². The van der Waals surface area contributed by atoms with E-state index in [0.29, 0.717) is 6.04 Å². The Morgan fingerprint density at radius 2 is 1.27 bits per heavy atom. The molecule has 0 aliphatic carbocycles. The molecule has 0 saturated carbocycles. The first-order valence-corrected chi connectivity index (χ1v) is 12.6. The van der Waals surface area contributed by atoms with Crippen LogP contribution in [0, 0.1) is 5.41 Å². The second-order valence-corrected chi connectivity index (χ2v) is 9.94. The van der Waals surface area contributed by atoms with Gasteiger partial charge in [-0.1, -0.05) is 18.9 Å². The summed E-state index contributed by atoms with van der Waals surface area (Å²) < 4.78 is 0. The van der Waals surface area contributed by atoms with Crippen molar-refractivity contribution in [2.45, 2.75) is 44.6 Å². The van der Waals surface area contributed by atoms with Crippen LogP contribution >= 0.6 is 0 Å². The molecule has 0 bridgehead atoms. The van der Waals surface area contributed by atoms with E-state index in [0.717, 1.165) is 32.6 Å². The fraction of sp³-hybridized carbons (Fsp3) is 0.875. The maximum absolute atomic E-state index is 5.12. The van der Waals surface area contributed by atoms with Gasteiger partial charge in [0.25, 0.3) is 0 Å². The number of allylic oxidation sites excluding steroid dienone is 1. The van der Waals surface area contributed by atoms with E-state index in [1.165, 1.54) is 91.0 Å². The molecule has 3 saturated heterocycles. The van der Waals surface area contributed by atoms with Gasteiger partial charge in [0.2, 0.25) is 0 Å². The molecule has 6 heteroatoms. The summed E-state index contributed by atoms with van der Waals surface area (Å²) in [7, 11) is 0. The lowest BCUT2D eigenvalue weighted by Gasteiger charge is -2.48. The van der Waals surface area contributed by atoms with Gasteiger partial charge in [-0.05, 0) is 57.9 Å². The highest BCUT2D eigenvalue weighted by Crippen LogP contribution is 2.34. The van der Waals surface area contributed by atoms with E-state index in [9.17, 15) is 0 Å². The van der Waals surface area contributed by atoms with Crippen LogP contribution in [0.2, 0.25) is 0 Å². The first-order chi connectivity index (χ1) is 14.8. The van der Waals surface area contributed by atoms with Gasteiger partial charge in [-0.2, -0.15) is 0 Å². The van der Waals surface area contributed by atoms with Crippen molar-refractivity contribution >= 4 is 6.21 Å². The summed E-state index contributed by atoms with van der Waals surface area (Å²) in [4.78, 5) is 13.4. The molecule has 4 heterocycles. The van der Waals surface area contributed by atoms with Crippen LogP contribution in [0.5, 0.6) is 0 Å². The number of hydrogen-bond donors (Lipinski definition) is 2. The fourth-order valence-electron chi connectivity index (χ4n) is 5.92. The highest BCUT2D eigenvalue weighted by Gasteiger charge is 2.43. The van der Waals surface area contributed by atoms with E-state index >= 15 is 0 Å². The molecule has 2 N–H and O–H groups in total. The number of aliphatic imine (C=N–C) groups is 1. The molecule has 30 heavy (non-hydrogen) atoms. The fourth-order valence-corrected chi connectivity index (χ4v) is 5.92. The number of piperazine rings is 1. The summed E-state index contributed by atoms with van der Waals surface area (Å²) in [6.07, 6.45) is 14.5. The molecular formula is C24H44N6. The zero-order chi connectivity index (χ0) is 20.5. The van der Waals surface area contributed by atoms with Crippen LogP contribution in [0.4, 0.5) is 0 Å². The third kappa shape index (κ3) is 6.36. The molecule has 170 valence electrons. The quantitative estimate of drug-likeness (QED) is 0.658. The zero-order valence-electron chi connectivity index (χ0n) is 19.0. The van der Waals surface area contributed by atoms with Gasteiger partial charge >= 0.3 is 0 Å². The second kappa shape index (κ2) is 11.7. The molecule has 2 unspecified atom stereocenters. The molecule has 3 fully saturated rings. The van der Waals surface area contributed by atoms with Gasteiger partial charge in [0, 0.05) is 70.5 Å². The summed E-state index contributed by atoms with van der Waals surface area (Å²) >= 11 is 0. The first kappa shape index (κ1) is 22.4. The Kier molecular flexibility index (Phi) is 8.76. The molecule has 4 rings (SSSR count). The summed E-state index contributed by atoms with van der Waals surface area (Å²) in [6.45, 7) is 15.4. The van der Waals surface area contributed by atoms with Crippen molar-refractivity contribution in [3.63, 3.8) is 0 Å². The van der Waals surface area contributed by atoms with Crippen molar-refractivity contribution in [1.29, 1.82) is 0 Å². The Labute approximate surface area is 184 Å².